The van der Waals surface area contributed by atoms with Crippen LogP contribution in [0.2, 0.25) is 0 Å². The molecule has 1 rings (SSSR count). The number of aliphatic carboxylic acids is 1. The lowest BCUT2D eigenvalue weighted by atomic mass is 10.1. The van der Waals surface area contributed by atoms with Crippen LogP contribution in [0.4, 0.5) is 4.79 Å². The summed E-state index contributed by atoms with van der Waals surface area (Å²) in [5.41, 5.74) is -0.732. The van der Waals surface area contributed by atoms with Crippen LogP contribution in [0.1, 0.15) is 33.6 Å². The lowest BCUT2D eigenvalue weighted by Crippen LogP contribution is -2.40. The summed E-state index contributed by atoms with van der Waals surface area (Å²) < 4.78 is 9.61. The average Bonchev–Trinajstić information content (AvgIpc) is 2.68. The molecule has 2 N–H and O–H groups in total. The predicted molar refractivity (Wildman–Crippen MR) is 69.1 cm³/mol. The Bertz CT molecular complexity index is 460. The van der Waals surface area contributed by atoms with E-state index in [1.807, 2.05) is 0 Å². The van der Waals surface area contributed by atoms with Crippen molar-refractivity contribution >= 4 is 18.0 Å². The quantitative estimate of drug-likeness (QED) is 0.756. The van der Waals surface area contributed by atoms with Gasteiger partial charge < -0.3 is 19.9 Å². The van der Waals surface area contributed by atoms with Crippen molar-refractivity contribution in [2.24, 2.45) is 0 Å². The maximum absolute atomic E-state index is 11.7. The SMILES string of the molecule is COC(=O)C1=C(C(=O)O)C(NC(=O)OC(C)(C)C)CC1. The maximum Gasteiger partial charge on any atom is 0.408 e. The maximum atomic E-state index is 11.7. The van der Waals surface area contributed by atoms with Gasteiger partial charge in [-0.25, -0.2) is 14.4 Å². The molecule has 20 heavy (non-hydrogen) atoms. The van der Waals surface area contributed by atoms with Gasteiger partial charge in [0, 0.05) is 5.57 Å². The van der Waals surface area contributed by atoms with E-state index in [0.717, 1.165) is 0 Å². The third-order valence-electron chi connectivity index (χ3n) is 2.71. The minimum atomic E-state index is -1.25. The van der Waals surface area contributed by atoms with Gasteiger partial charge in [0.2, 0.25) is 0 Å². The Morgan fingerprint density at radius 3 is 2.35 bits per heavy atom. The molecule has 1 aliphatic rings. The first-order chi connectivity index (χ1) is 9.15. The van der Waals surface area contributed by atoms with Crippen molar-refractivity contribution in [3.8, 4) is 0 Å². The van der Waals surface area contributed by atoms with Crippen molar-refractivity contribution in [2.45, 2.75) is 45.3 Å². The summed E-state index contributed by atoms with van der Waals surface area (Å²) in [6.45, 7) is 5.11. The third-order valence-corrected chi connectivity index (χ3v) is 2.71. The molecule has 1 aliphatic carbocycles. The first-order valence-electron chi connectivity index (χ1n) is 6.20. The molecule has 1 unspecified atom stereocenters. The number of ether oxygens (including phenoxy) is 2. The number of methoxy groups -OCH3 is 1. The van der Waals surface area contributed by atoms with Crippen molar-refractivity contribution in [3.05, 3.63) is 11.1 Å². The number of hydrogen-bond acceptors (Lipinski definition) is 5. The Morgan fingerprint density at radius 2 is 1.90 bits per heavy atom. The molecule has 1 atom stereocenters. The van der Waals surface area contributed by atoms with Gasteiger partial charge in [0.05, 0.1) is 18.7 Å². The smallest absolute Gasteiger partial charge is 0.408 e. The van der Waals surface area contributed by atoms with Crippen LogP contribution < -0.4 is 5.32 Å². The van der Waals surface area contributed by atoms with Gasteiger partial charge in [0.25, 0.3) is 0 Å². The zero-order valence-corrected chi connectivity index (χ0v) is 12.0. The zero-order chi connectivity index (χ0) is 15.5. The van der Waals surface area contributed by atoms with E-state index in [1.54, 1.807) is 20.8 Å². The largest absolute Gasteiger partial charge is 0.478 e. The highest BCUT2D eigenvalue weighted by Crippen LogP contribution is 2.28. The van der Waals surface area contributed by atoms with Gasteiger partial charge in [-0.15, -0.1) is 0 Å². The van der Waals surface area contributed by atoms with Crippen LogP contribution in [0, 0.1) is 0 Å². The summed E-state index contributed by atoms with van der Waals surface area (Å²) in [7, 11) is 1.18. The number of alkyl carbamates (subject to hydrolysis) is 1. The fourth-order valence-corrected chi connectivity index (χ4v) is 1.99. The molecule has 0 spiro atoms. The van der Waals surface area contributed by atoms with Crippen LogP contribution >= 0.6 is 0 Å². The Hall–Kier alpha value is -2.05. The van der Waals surface area contributed by atoms with Crippen molar-refractivity contribution in [1.82, 2.24) is 5.32 Å². The summed E-state index contributed by atoms with van der Waals surface area (Å²) in [4.78, 5) is 34.4. The van der Waals surface area contributed by atoms with Gasteiger partial charge in [-0.1, -0.05) is 0 Å². The molecule has 0 heterocycles. The van der Waals surface area contributed by atoms with Gasteiger partial charge >= 0.3 is 18.0 Å². The molecule has 0 aromatic heterocycles. The van der Waals surface area contributed by atoms with Gasteiger partial charge in [-0.05, 0) is 33.6 Å². The molecule has 0 aromatic rings. The van der Waals surface area contributed by atoms with Crippen molar-refractivity contribution in [2.75, 3.05) is 7.11 Å². The van der Waals surface area contributed by atoms with E-state index in [1.165, 1.54) is 7.11 Å². The molecule has 7 heteroatoms. The number of carboxylic acid groups (broad SMARTS) is 1. The van der Waals surface area contributed by atoms with E-state index in [4.69, 9.17) is 4.74 Å². The Balaban J connectivity index is 2.87. The van der Waals surface area contributed by atoms with E-state index < -0.39 is 29.7 Å². The van der Waals surface area contributed by atoms with Gasteiger partial charge in [0.1, 0.15) is 5.60 Å². The molecular weight excluding hydrogens is 266 g/mol. The number of nitrogens with one attached hydrogen (secondary N) is 1. The highest BCUT2D eigenvalue weighted by molar-refractivity contribution is 6.01. The van der Waals surface area contributed by atoms with Crippen LogP contribution in [-0.4, -0.2) is 41.9 Å². The lowest BCUT2D eigenvalue weighted by Gasteiger charge is -2.22. The number of carboxylic acids is 1. The second-order valence-electron chi connectivity index (χ2n) is 5.43. The van der Waals surface area contributed by atoms with Crippen LogP contribution in [-0.2, 0) is 19.1 Å². The van der Waals surface area contributed by atoms with E-state index in [9.17, 15) is 19.5 Å². The van der Waals surface area contributed by atoms with E-state index >= 15 is 0 Å². The topological polar surface area (TPSA) is 102 Å². The molecule has 0 saturated heterocycles. The third kappa shape index (κ3) is 3.97. The molecule has 0 aromatic carbocycles. The molecule has 0 bridgehead atoms. The van der Waals surface area contributed by atoms with Gasteiger partial charge in [0.15, 0.2) is 0 Å². The highest BCUT2D eigenvalue weighted by Gasteiger charge is 2.36. The monoisotopic (exact) mass is 285 g/mol. The molecule has 0 aliphatic heterocycles. The minimum absolute atomic E-state index is 0.0843. The summed E-state index contributed by atoms with van der Waals surface area (Å²) in [5.74, 6) is -1.93. The first kappa shape index (κ1) is 16.0. The number of rotatable bonds is 3. The average molecular weight is 285 g/mol. The van der Waals surface area contributed by atoms with Crippen LogP contribution in [0.25, 0.3) is 0 Å². The summed E-state index contributed by atoms with van der Waals surface area (Å²) in [5, 5.41) is 11.7. The van der Waals surface area contributed by atoms with Crippen molar-refractivity contribution < 1.29 is 29.0 Å². The standard InChI is InChI=1S/C13H19NO6/c1-13(2,3)20-12(18)14-8-6-5-7(11(17)19-4)9(8)10(15)16/h8H,5-6H2,1-4H3,(H,14,18)(H,15,16). The summed E-state index contributed by atoms with van der Waals surface area (Å²) in [6, 6.07) is -0.753. The normalized spacial score (nSPS) is 18.7. The zero-order valence-electron chi connectivity index (χ0n) is 12.0. The van der Waals surface area contributed by atoms with Crippen LogP contribution in [0.15, 0.2) is 11.1 Å². The fourth-order valence-electron chi connectivity index (χ4n) is 1.99. The predicted octanol–water partition coefficient (Wildman–Crippen LogP) is 1.23. The fraction of sp³-hybridized carbons (Fsp3) is 0.615. The first-order valence-corrected chi connectivity index (χ1v) is 6.20. The summed E-state index contributed by atoms with van der Waals surface area (Å²) >= 11 is 0. The Labute approximate surface area is 116 Å². The molecular formula is C13H19NO6. The second-order valence-corrected chi connectivity index (χ2v) is 5.43. The van der Waals surface area contributed by atoms with Gasteiger partial charge in [-0.3, -0.25) is 0 Å². The number of amides is 1. The molecule has 0 saturated carbocycles. The van der Waals surface area contributed by atoms with Gasteiger partial charge in [-0.2, -0.15) is 0 Å². The highest BCUT2D eigenvalue weighted by atomic mass is 16.6. The van der Waals surface area contributed by atoms with E-state index in [-0.39, 0.29) is 17.6 Å². The molecule has 7 nitrogen and oxygen atoms in total. The number of esters is 1. The van der Waals surface area contributed by atoms with E-state index in [0.29, 0.717) is 6.42 Å². The second kappa shape index (κ2) is 5.94. The van der Waals surface area contributed by atoms with Crippen LogP contribution in [0.3, 0.4) is 0 Å². The number of carbonyl (C=O) groups is 3. The lowest BCUT2D eigenvalue weighted by molar-refractivity contribution is -0.138. The van der Waals surface area contributed by atoms with Crippen molar-refractivity contribution in [1.29, 1.82) is 0 Å². The molecule has 0 fully saturated rings. The molecule has 1 amide bonds. The van der Waals surface area contributed by atoms with Crippen LogP contribution in [0.5, 0.6) is 0 Å². The van der Waals surface area contributed by atoms with Crippen molar-refractivity contribution in [3.63, 3.8) is 0 Å². The minimum Gasteiger partial charge on any atom is -0.478 e. The number of hydrogen-bond donors (Lipinski definition) is 2. The Kier molecular flexibility index (Phi) is 4.75. The molecule has 0 radical (unpaired) electrons. The van der Waals surface area contributed by atoms with E-state index in [2.05, 4.69) is 10.1 Å². The number of carbonyl (C=O) groups excluding carboxylic acids is 2. The Morgan fingerprint density at radius 1 is 1.30 bits per heavy atom. The summed E-state index contributed by atoms with van der Waals surface area (Å²) in [6.07, 6.45) is -0.146. The molecule has 112 valence electrons.